The lowest BCUT2D eigenvalue weighted by molar-refractivity contribution is 0.217. The molecule has 0 saturated carbocycles. The van der Waals surface area contributed by atoms with Crippen LogP contribution in [0.4, 0.5) is 0 Å². The molecule has 2 rings (SSSR count). The molecule has 0 aliphatic carbocycles. The Labute approximate surface area is 78.0 Å². The summed E-state index contributed by atoms with van der Waals surface area (Å²) >= 11 is 0. The SMILES string of the molecule is c1cc(CN2CCCCC2)nnn1. The van der Waals surface area contributed by atoms with Gasteiger partial charge in [-0.15, -0.1) is 10.2 Å². The molecule has 0 aromatic carbocycles. The van der Waals surface area contributed by atoms with E-state index >= 15 is 0 Å². The number of likely N-dealkylation sites (tertiary alicyclic amines) is 1. The van der Waals surface area contributed by atoms with Crippen LogP contribution in [0.25, 0.3) is 0 Å². The first-order chi connectivity index (χ1) is 6.45. The van der Waals surface area contributed by atoms with Crippen molar-refractivity contribution in [1.82, 2.24) is 20.3 Å². The van der Waals surface area contributed by atoms with Gasteiger partial charge in [-0.25, -0.2) is 0 Å². The maximum Gasteiger partial charge on any atom is 0.0804 e. The van der Waals surface area contributed by atoms with Gasteiger partial charge in [0.2, 0.25) is 0 Å². The quantitative estimate of drug-likeness (QED) is 0.673. The van der Waals surface area contributed by atoms with Crippen molar-refractivity contribution in [1.29, 1.82) is 0 Å². The van der Waals surface area contributed by atoms with E-state index in [0.717, 1.165) is 12.2 Å². The normalized spacial score (nSPS) is 18.8. The summed E-state index contributed by atoms with van der Waals surface area (Å²) in [6.07, 6.45) is 5.71. The maximum atomic E-state index is 3.97. The number of hydrogen-bond donors (Lipinski definition) is 0. The summed E-state index contributed by atoms with van der Waals surface area (Å²) in [4.78, 5) is 2.42. The molecule has 0 atom stereocenters. The van der Waals surface area contributed by atoms with Crippen LogP contribution in [0.15, 0.2) is 12.3 Å². The zero-order valence-corrected chi connectivity index (χ0v) is 7.69. The van der Waals surface area contributed by atoms with Gasteiger partial charge in [0.25, 0.3) is 0 Å². The van der Waals surface area contributed by atoms with Crippen LogP contribution in [-0.4, -0.2) is 33.4 Å². The lowest BCUT2D eigenvalue weighted by atomic mass is 10.1. The van der Waals surface area contributed by atoms with E-state index in [-0.39, 0.29) is 0 Å². The fraction of sp³-hybridized carbons (Fsp3) is 0.667. The van der Waals surface area contributed by atoms with Gasteiger partial charge in [-0.3, -0.25) is 4.90 Å². The molecule has 1 aliphatic rings. The van der Waals surface area contributed by atoms with E-state index in [9.17, 15) is 0 Å². The zero-order valence-electron chi connectivity index (χ0n) is 7.69. The Bertz CT molecular complexity index is 243. The average molecular weight is 178 g/mol. The zero-order chi connectivity index (χ0) is 8.93. The van der Waals surface area contributed by atoms with Gasteiger partial charge in [-0.1, -0.05) is 6.42 Å². The van der Waals surface area contributed by atoms with E-state index in [1.54, 1.807) is 6.20 Å². The fourth-order valence-corrected chi connectivity index (χ4v) is 1.70. The molecule has 0 bridgehead atoms. The fourth-order valence-electron chi connectivity index (χ4n) is 1.70. The minimum absolute atomic E-state index is 0.926. The van der Waals surface area contributed by atoms with E-state index < -0.39 is 0 Å². The Morgan fingerprint density at radius 2 is 2.08 bits per heavy atom. The van der Waals surface area contributed by atoms with Gasteiger partial charge in [0.05, 0.1) is 11.9 Å². The molecule has 13 heavy (non-hydrogen) atoms. The third-order valence-electron chi connectivity index (χ3n) is 2.39. The molecule has 0 unspecified atom stereocenters. The Hall–Kier alpha value is -1.03. The van der Waals surface area contributed by atoms with Gasteiger partial charge in [0.1, 0.15) is 0 Å². The molecule has 1 saturated heterocycles. The topological polar surface area (TPSA) is 41.9 Å². The smallest absolute Gasteiger partial charge is 0.0804 e. The van der Waals surface area contributed by atoms with Crippen molar-refractivity contribution in [2.45, 2.75) is 25.8 Å². The van der Waals surface area contributed by atoms with Crippen LogP contribution in [0, 0.1) is 0 Å². The summed E-state index contributed by atoms with van der Waals surface area (Å²) in [7, 11) is 0. The Morgan fingerprint density at radius 1 is 1.23 bits per heavy atom. The highest BCUT2D eigenvalue weighted by Gasteiger charge is 2.10. The minimum Gasteiger partial charge on any atom is -0.297 e. The average Bonchev–Trinajstić information content (AvgIpc) is 2.21. The molecule has 0 radical (unpaired) electrons. The van der Waals surface area contributed by atoms with Crippen LogP contribution in [0.1, 0.15) is 25.0 Å². The monoisotopic (exact) mass is 178 g/mol. The second kappa shape index (κ2) is 4.28. The van der Waals surface area contributed by atoms with Gasteiger partial charge in [0, 0.05) is 6.54 Å². The van der Waals surface area contributed by atoms with Crippen LogP contribution < -0.4 is 0 Å². The summed E-state index contributed by atoms with van der Waals surface area (Å²) < 4.78 is 0. The highest BCUT2D eigenvalue weighted by atomic mass is 15.3. The van der Waals surface area contributed by atoms with Crippen LogP contribution >= 0.6 is 0 Å². The molecule has 1 aromatic heterocycles. The van der Waals surface area contributed by atoms with Crippen molar-refractivity contribution < 1.29 is 0 Å². The van der Waals surface area contributed by atoms with E-state index in [1.165, 1.54) is 32.4 Å². The van der Waals surface area contributed by atoms with Gasteiger partial charge >= 0.3 is 0 Å². The molecule has 0 amide bonds. The lowest BCUT2D eigenvalue weighted by Crippen LogP contribution is -2.29. The van der Waals surface area contributed by atoms with Crippen molar-refractivity contribution in [3.05, 3.63) is 18.0 Å². The van der Waals surface area contributed by atoms with Crippen molar-refractivity contribution in [3.63, 3.8) is 0 Å². The summed E-state index contributed by atoms with van der Waals surface area (Å²) in [5.74, 6) is 0. The van der Waals surface area contributed by atoms with Gasteiger partial charge < -0.3 is 0 Å². The van der Waals surface area contributed by atoms with E-state index in [0.29, 0.717) is 0 Å². The second-order valence-corrected chi connectivity index (χ2v) is 3.45. The molecule has 70 valence electrons. The molecule has 1 aromatic rings. The molecular weight excluding hydrogens is 164 g/mol. The predicted octanol–water partition coefficient (Wildman–Crippen LogP) is 0.857. The van der Waals surface area contributed by atoms with Crippen LogP contribution in [0.2, 0.25) is 0 Å². The third kappa shape index (κ3) is 2.45. The van der Waals surface area contributed by atoms with Crippen LogP contribution in [-0.2, 0) is 6.54 Å². The molecule has 1 aliphatic heterocycles. The van der Waals surface area contributed by atoms with Gasteiger partial charge in [0.15, 0.2) is 0 Å². The number of hydrogen-bond acceptors (Lipinski definition) is 4. The lowest BCUT2D eigenvalue weighted by Gasteiger charge is -2.25. The number of rotatable bonds is 2. The number of piperidine rings is 1. The molecule has 0 N–H and O–H groups in total. The minimum atomic E-state index is 0.926. The first kappa shape index (κ1) is 8.56. The van der Waals surface area contributed by atoms with E-state index in [2.05, 4.69) is 20.3 Å². The second-order valence-electron chi connectivity index (χ2n) is 3.45. The largest absolute Gasteiger partial charge is 0.297 e. The molecule has 0 spiro atoms. The Morgan fingerprint density at radius 3 is 2.77 bits per heavy atom. The predicted molar refractivity (Wildman–Crippen MR) is 49.0 cm³/mol. The molecule has 4 nitrogen and oxygen atoms in total. The highest BCUT2D eigenvalue weighted by Crippen LogP contribution is 2.10. The van der Waals surface area contributed by atoms with Gasteiger partial charge in [-0.2, -0.15) is 0 Å². The molecular formula is C9H14N4. The number of aromatic nitrogens is 3. The highest BCUT2D eigenvalue weighted by molar-refractivity contribution is 4.95. The third-order valence-corrected chi connectivity index (χ3v) is 2.39. The van der Waals surface area contributed by atoms with Crippen molar-refractivity contribution >= 4 is 0 Å². The first-order valence-corrected chi connectivity index (χ1v) is 4.81. The summed E-state index contributed by atoms with van der Waals surface area (Å²) in [5, 5.41) is 11.3. The Balaban J connectivity index is 1.90. The Kier molecular flexibility index (Phi) is 2.82. The van der Waals surface area contributed by atoms with E-state index in [1.807, 2.05) is 6.07 Å². The van der Waals surface area contributed by atoms with Gasteiger partial charge in [-0.05, 0) is 37.2 Å². The number of nitrogens with zero attached hydrogens (tertiary/aromatic N) is 4. The van der Waals surface area contributed by atoms with Crippen molar-refractivity contribution in [2.75, 3.05) is 13.1 Å². The first-order valence-electron chi connectivity index (χ1n) is 4.81. The van der Waals surface area contributed by atoms with Crippen LogP contribution in [0.3, 0.4) is 0 Å². The van der Waals surface area contributed by atoms with Crippen molar-refractivity contribution in [3.8, 4) is 0 Å². The standard InChI is InChI=1S/C9H14N4/c1-2-6-13(7-3-1)8-9-4-5-10-12-11-9/h4-5H,1-3,6-8H2. The summed E-state index contributed by atoms with van der Waals surface area (Å²) in [6.45, 7) is 3.32. The molecule has 1 fully saturated rings. The van der Waals surface area contributed by atoms with Crippen LogP contribution in [0.5, 0.6) is 0 Å². The van der Waals surface area contributed by atoms with Crippen molar-refractivity contribution in [2.24, 2.45) is 0 Å². The molecule has 2 heterocycles. The summed E-state index contributed by atoms with van der Waals surface area (Å²) in [6, 6.07) is 1.93. The maximum absolute atomic E-state index is 3.97. The van der Waals surface area contributed by atoms with E-state index in [4.69, 9.17) is 0 Å². The molecule has 4 heteroatoms. The summed E-state index contributed by atoms with van der Waals surface area (Å²) in [5.41, 5.74) is 1.02.